The summed E-state index contributed by atoms with van der Waals surface area (Å²) in [6.45, 7) is 4.86. The highest BCUT2D eigenvalue weighted by Gasteiger charge is 2.34. The van der Waals surface area contributed by atoms with E-state index in [1.807, 2.05) is 36.4 Å². The highest BCUT2D eigenvalue weighted by molar-refractivity contribution is 8.26. The molecule has 5 rings (SSSR count). The number of aryl methyl sites for hydroxylation is 2. The van der Waals surface area contributed by atoms with Crippen molar-refractivity contribution in [2.45, 2.75) is 38.8 Å². The van der Waals surface area contributed by atoms with Gasteiger partial charge in [-0.1, -0.05) is 60.4 Å². The third-order valence-corrected chi connectivity index (χ3v) is 7.66. The number of fused-ring (bicyclic) bond motifs is 1. The van der Waals surface area contributed by atoms with E-state index in [1.165, 1.54) is 11.8 Å². The molecule has 34 heavy (non-hydrogen) atoms. The maximum Gasteiger partial charge on any atom is 0.266 e. The van der Waals surface area contributed by atoms with Gasteiger partial charge in [-0.05, 0) is 50.0 Å². The van der Waals surface area contributed by atoms with Gasteiger partial charge in [0, 0.05) is 35.8 Å². The van der Waals surface area contributed by atoms with Gasteiger partial charge in [0.05, 0.1) is 24.2 Å². The average molecular weight is 493 g/mol. The maximum absolute atomic E-state index is 13.1. The summed E-state index contributed by atoms with van der Waals surface area (Å²) >= 11 is 6.90. The monoisotopic (exact) mass is 492 g/mol. The third-order valence-electron chi connectivity index (χ3n) is 6.28. The van der Waals surface area contributed by atoms with Crippen LogP contribution in [-0.4, -0.2) is 45.6 Å². The summed E-state index contributed by atoms with van der Waals surface area (Å²) in [6.07, 6.45) is 7.12. The minimum Gasteiger partial charge on any atom is -0.493 e. The Morgan fingerprint density at radius 1 is 1.21 bits per heavy atom. The predicted octanol–water partition coefficient (Wildman–Crippen LogP) is 5.80. The highest BCUT2D eigenvalue weighted by Crippen LogP contribution is 2.35. The molecule has 176 valence electrons. The first-order chi connectivity index (χ1) is 16.6. The van der Waals surface area contributed by atoms with E-state index >= 15 is 0 Å². The molecule has 5 nitrogen and oxygen atoms in total. The Morgan fingerprint density at radius 3 is 2.85 bits per heavy atom. The second-order valence-electron chi connectivity index (χ2n) is 8.69. The van der Waals surface area contributed by atoms with Crippen LogP contribution in [0.3, 0.4) is 0 Å². The van der Waals surface area contributed by atoms with Crippen molar-refractivity contribution in [3.05, 3.63) is 70.8 Å². The molecule has 2 saturated heterocycles. The summed E-state index contributed by atoms with van der Waals surface area (Å²) in [5.41, 5.74) is 3.33. The third kappa shape index (κ3) is 4.92. The van der Waals surface area contributed by atoms with Crippen molar-refractivity contribution in [2.75, 3.05) is 19.8 Å². The molecule has 7 heteroatoms. The fourth-order valence-electron chi connectivity index (χ4n) is 4.50. The summed E-state index contributed by atoms with van der Waals surface area (Å²) in [6, 6.07) is 16.4. The van der Waals surface area contributed by atoms with E-state index in [9.17, 15) is 4.79 Å². The minimum absolute atomic E-state index is 0.0195. The Balaban J connectivity index is 1.30. The number of aromatic nitrogens is 1. The van der Waals surface area contributed by atoms with Gasteiger partial charge in [0.1, 0.15) is 10.1 Å². The van der Waals surface area contributed by atoms with Crippen molar-refractivity contribution in [1.82, 2.24) is 9.47 Å². The van der Waals surface area contributed by atoms with E-state index < -0.39 is 0 Å². The van der Waals surface area contributed by atoms with Crippen LogP contribution >= 0.6 is 24.0 Å². The Morgan fingerprint density at radius 2 is 2.03 bits per heavy atom. The van der Waals surface area contributed by atoms with Crippen LogP contribution in [0.15, 0.2) is 59.6 Å². The number of rotatable bonds is 8. The largest absolute Gasteiger partial charge is 0.493 e. The average Bonchev–Trinajstić information content (AvgIpc) is 3.54. The molecule has 0 bridgehead atoms. The number of carbonyl (C=O) groups is 1. The first-order valence-electron chi connectivity index (χ1n) is 11.7. The van der Waals surface area contributed by atoms with Crippen LogP contribution in [0.4, 0.5) is 0 Å². The Kier molecular flexibility index (Phi) is 7.04. The van der Waals surface area contributed by atoms with Crippen LogP contribution in [-0.2, 0) is 16.1 Å². The molecular weight excluding hydrogens is 464 g/mol. The quantitative estimate of drug-likeness (QED) is 0.226. The summed E-state index contributed by atoms with van der Waals surface area (Å²) in [5.74, 6) is 0.916. The minimum atomic E-state index is -0.0195. The SMILES string of the molecule is Cc1ccccc1OCCCn1cc(/C=C2\SC(=S)N(C[C@@H]3CCCO3)C2=O)c2ccccc21. The Bertz CT molecular complexity index is 1240. The fraction of sp³-hybridized carbons (Fsp3) is 0.333. The van der Waals surface area contributed by atoms with Crippen LogP contribution in [0, 0.1) is 6.92 Å². The lowest BCUT2D eigenvalue weighted by Crippen LogP contribution is -2.35. The molecule has 0 N–H and O–H groups in total. The molecular formula is C27H28N2O3S2. The van der Waals surface area contributed by atoms with Gasteiger partial charge >= 0.3 is 0 Å². The van der Waals surface area contributed by atoms with Gasteiger partial charge in [-0.25, -0.2) is 0 Å². The number of benzene rings is 2. The lowest BCUT2D eigenvalue weighted by molar-refractivity contribution is -0.123. The molecule has 2 aromatic carbocycles. The zero-order valence-electron chi connectivity index (χ0n) is 19.2. The second kappa shape index (κ2) is 10.3. The molecule has 2 fully saturated rings. The van der Waals surface area contributed by atoms with E-state index in [0.717, 1.165) is 60.2 Å². The molecule has 1 atom stereocenters. The summed E-state index contributed by atoms with van der Waals surface area (Å²) in [5, 5.41) is 1.13. The molecule has 3 heterocycles. The van der Waals surface area contributed by atoms with Crippen molar-refractivity contribution in [1.29, 1.82) is 0 Å². The number of ether oxygens (including phenoxy) is 2. The van der Waals surface area contributed by atoms with Crippen molar-refractivity contribution in [3.63, 3.8) is 0 Å². The van der Waals surface area contributed by atoms with Crippen LogP contribution in [0.2, 0.25) is 0 Å². The summed E-state index contributed by atoms with van der Waals surface area (Å²) in [4.78, 5) is 15.5. The molecule has 3 aromatic rings. The Hall–Kier alpha value is -2.61. The van der Waals surface area contributed by atoms with Gasteiger partial charge in [0.2, 0.25) is 0 Å². The van der Waals surface area contributed by atoms with Gasteiger partial charge in [-0.2, -0.15) is 0 Å². The number of nitrogens with zero attached hydrogens (tertiary/aromatic N) is 2. The molecule has 1 amide bonds. The lowest BCUT2D eigenvalue weighted by Gasteiger charge is -2.18. The van der Waals surface area contributed by atoms with Crippen molar-refractivity contribution >= 4 is 51.2 Å². The van der Waals surface area contributed by atoms with Gasteiger partial charge in [0.25, 0.3) is 5.91 Å². The number of hydrogen-bond acceptors (Lipinski definition) is 5. The predicted molar refractivity (Wildman–Crippen MR) is 142 cm³/mol. The van der Waals surface area contributed by atoms with Crippen molar-refractivity contribution in [3.8, 4) is 5.75 Å². The van der Waals surface area contributed by atoms with Gasteiger partial charge in [0.15, 0.2) is 0 Å². The van der Waals surface area contributed by atoms with Crippen LogP contribution in [0.5, 0.6) is 5.75 Å². The molecule has 0 unspecified atom stereocenters. The zero-order chi connectivity index (χ0) is 23.5. The standard InChI is InChI=1S/C27H28N2O3S2/c1-19-8-2-5-12-24(19)32-15-7-13-28-17-20(22-10-3-4-11-23(22)28)16-25-26(30)29(27(33)34-25)18-21-9-6-14-31-21/h2-5,8,10-12,16-17,21H,6-7,9,13-15,18H2,1H3/b25-16-/t21-/m0/s1. The van der Waals surface area contributed by atoms with Gasteiger partial charge < -0.3 is 14.0 Å². The lowest BCUT2D eigenvalue weighted by atomic mass is 10.1. The molecule has 0 spiro atoms. The van der Waals surface area contributed by atoms with Crippen LogP contribution in [0.1, 0.15) is 30.4 Å². The molecule has 0 aliphatic carbocycles. The van der Waals surface area contributed by atoms with E-state index in [4.69, 9.17) is 21.7 Å². The van der Waals surface area contributed by atoms with Gasteiger partial charge in [-0.15, -0.1) is 0 Å². The zero-order valence-corrected chi connectivity index (χ0v) is 20.9. The molecule has 0 radical (unpaired) electrons. The number of carbonyl (C=O) groups excluding carboxylic acids is 1. The van der Waals surface area contributed by atoms with Crippen molar-refractivity contribution < 1.29 is 14.3 Å². The second-order valence-corrected chi connectivity index (χ2v) is 10.4. The van der Waals surface area contributed by atoms with E-state index in [-0.39, 0.29) is 12.0 Å². The molecule has 2 aliphatic heterocycles. The molecule has 0 saturated carbocycles. The maximum atomic E-state index is 13.1. The van der Waals surface area contributed by atoms with Crippen LogP contribution < -0.4 is 4.74 Å². The smallest absolute Gasteiger partial charge is 0.266 e. The number of hydrogen-bond donors (Lipinski definition) is 0. The molecule has 2 aliphatic rings. The highest BCUT2D eigenvalue weighted by atomic mass is 32.2. The first kappa shape index (κ1) is 23.1. The summed E-state index contributed by atoms with van der Waals surface area (Å²) < 4.78 is 14.5. The number of para-hydroxylation sites is 2. The number of thiocarbonyl (C=S) groups is 1. The van der Waals surface area contributed by atoms with Crippen LogP contribution in [0.25, 0.3) is 17.0 Å². The normalized spacial score (nSPS) is 19.6. The van der Waals surface area contributed by atoms with Gasteiger partial charge in [-0.3, -0.25) is 9.69 Å². The fourth-order valence-corrected chi connectivity index (χ4v) is 5.77. The Labute approximate surface area is 209 Å². The van der Waals surface area contributed by atoms with E-state index in [1.54, 1.807) is 4.90 Å². The summed E-state index contributed by atoms with van der Waals surface area (Å²) in [7, 11) is 0. The first-order valence-corrected chi connectivity index (χ1v) is 13.0. The topological polar surface area (TPSA) is 43.7 Å². The van der Waals surface area contributed by atoms with E-state index in [2.05, 4.69) is 35.9 Å². The number of amides is 1. The number of thioether (sulfide) groups is 1. The molecule has 1 aromatic heterocycles. The van der Waals surface area contributed by atoms with E-state index in [0.29, 0.717) is 22.4 Å². The van der Waals surface area contributed by atoms with Crippen molar-refractivity contribution in [2.24, 2.45) is 0 Å².